The van der Waals surface area contributed by atoms with Gasteiger partial charge in [0.2, 0.25) is 0 Å². The summed E-state index contributed by atoms with van der Waals surface area (Å²) < 4.78 is 0. The highest BCUT2D eigenvalue weighted by Gasteiger charge is 2.08. The van der Waals surface area contributed by atoms with Crippen LogP contribution in [0, 0.1) is 0 Å². The molecule has 0 aliphatic rings. The largest absolute Gasteiger partial charge is 0.396 e. The monoisotopic (exact) mass is 307 g/mol. The Morgan fingerprint density at radius 2 is 1.83 bits per heavy atom. The van der Waals surface area contributed by atoms with Crippen molar-refractivity contribution in [2.24, 2.45) is 0 Å². The molecule has 0 unspecified atom stereocenters. The average Bonchev–Trinajstić information content (AvgIpc) is 2.63. The zero-order valence-electron chi connectivity index (χ0n) is 12.6. The fourth-order valence-corrected chi connectivity index (χ4v) is 2.13. The van der Waals surface area contributed by atoms with Crippen LogP contribution in [0.5, 0.6) is 0 Å². The molecular formula is C17H17N5O. The maximum Gasteiger partial charge on any atom is 0.163 e. The van der Waals surface area contributed by atoms with E-state index in [0.717, 1.165) is 22.6 Å². The van der Waals surface area contributed by atoms with Gasteiger partial charge in [-0.1, -0.05) is 0 Å². The van der Waals surface area contributed by atoms with Gasteiger partial charge in [0.25, 0.3) is 0 Å². The topological polar surface area (TPSA) is 83.8 Å². The molecule has 0 spiro atoms. The van der Waals surface area contributed by atoms with Crippen LogP contribution < -0.4 is 5.32 Å². The normalized spacial score (nSPS) is 10.5. The van der Waals surface area contributed by atoms with Gasteiger partial charge in [0.15, 0.2) is 5.82 Å². The molecular weight excluding hydrogens is 290 g/mol. The van der Waals surface area contributed by atoms with Crippen molar-refractivity contribution in [1.82, 2.24) is 19.9 Å². The highest BCUT2D eigenvalue weighted by atomic mass is 16.3. The standard InChI is InChI=1S/C17H17N5O/c23-10-2-7-20-16-11-15(13-4-8-18-9-5-13)21-17(22-16)14-3-1-6-19-12-14/h1,3-6,8-9,11-12,23H,2,7,10H2,(H,20,21,22). The van der Waals surface area contributed by atoms with Gasteiger partial charge in [0.1, 0.15) is 5.82 Å². The summed E-state index contributed by atoms with van der Waals surface area (Å²) in [6.07, 6.45) is 7.59. The van der Waals surface area contributed by atoms with Crippen molar-refractivity contribution in [2.45, 2.75) is 6.42 Å². The summed E-state index contributed by atoms with van der Waals surface area (Å²) in [5.41, 5.74) is 2.64. The minimum atomic E-state index is 0.144. The van der Waals surface area contributed by atoms with Crippen LogP contribution in [-0.4, -0.2) is 38.2 Å². The van der Waals surface area contributed by atoms with E-state index in [9.17, 15) is 0 Å². The fraction of sp³-hybridized carbons (Fsp3) is 0.176. The van der Waals surface area contributed by atoms with E-state index in [2.05, 4.69) is 25.3 Å². The van der Waals surface area contributed by atoms with Crippen LogP contribution in [-0.2, 0) is 0 Å². The lowest BCUT2D eigenvalue weighted by molar-refractivity contribution is 0.292. The number of aromatic nitrogens is 4. The Bertz CT molecular complexity index is 692. The molecule has 0 saturated carbocycles. The summed E-state index contributed by atoms with van der Waals surface area (Å²) in [7, 11) is 0. The molecule has 3 aromatic rings. The summed E-state index contributed by atoms with van der Waals surface area (Å²) >= 11 is 0. The van der Waals surface area contributed by atoms with E-state index < -0.39 is 0 Å². The Labute approximate surface area is 134 Å². The number of nitrogens with zero attached hydrogens (tertiary/aromatic N) is 4. The van der Waals surface area contributed by atoms with Gasteiger partial charge in [-0.05, 0) is 30.7 Å². The third kappa shape index (κ3) is 3.87. The van der Waals surface area contributed by atoms with Gasteiger partial charge in [-0.15, -0.1) is 0 Å². The second-order valence-corrected chi connectivity index (χ2v) is 4.94. The van der Waals surface area contributed by atoms with E-state index >= 15 is 0 Å². The first kappa shape index (κ1) is 15.1. The maximum absolute atomic E-state index is 8.92. The molecule has 0 radical (unpaired) electrons. The molecule has 116 valence electrons. The van der Waals surface area contributed by atoms with Gasteiger partial charge in [-0.2, -0.15) is 0 Å². The van der Waals surface area contributed by atoms with Crippen molar-refractivity contribution in [2.75, 3.05) is 18.5 Å². The predicted octanol–water partition coefficient (Wildman–Crippen LogP) is 2.39. The number of aliphatic hydroxyl groups is 1. The Morgan fingerprint density at radius 3 is 2.57 bits per heavy atom. The van der Waals surface area contributed by atoms with E-state index in [4.69, 9.17) is 5.11 Å². The molecule has 0 fully saturated rings. The quantitative estimate of drug-likeness (QED) is 0.680. The number of hydrogen-bond acceptors (Lipinski definition) is 6. The van der Waals surface area contributed by atoms with E-state index in [-0.39, 0.29) is 6.61 Å². The van der Waals surface area contributed by atoms with Crippen molar-refractivity contribution in [3.05, 3.63) is 55.1 Å². The van der Waals surface area contributed by atoms with Crippen molar-refractivity contribution in [3.63, 3.8) is 0 Å². The van der Waals surface area contributed by atoms with Crippen LogP contribution in [0.2, 0.25) is 0 Å². The molecule has 3 heterocycles. The maximum atomic E-state index is 8.92. The zero-order valence-corrected chi connectivity index (χ0v) is 12.6. The number of nitrogens with one attached hydrogen (secondary N) is 1. The number of rotatable bonds is 6. The van der Waals surface area contributed by atoms with Crippen molar-refractivity contribution in [3.8, 4) is 22.6 Å². The SMILES string of the molecule is OCCCNc1cc(-c2ccncc2)nc(-c2cccnc2)n1. The summed E-state index contributed by atoms with van der Waals surface area (Å²) in [5.74, 6) is 1.33. The third-order valence-corrected chi connectivity index (χ3v) is 3.26. The number of anilines is 1. The molecule has 0 aliphatic carbocycles. The van der Waals surface area contributed by atoms with Crippen LogP contribution >= 0.6 is 0 Å². The predicted molar refractivity (Wildman–Crippen MR) is 88.7 cm³/mol. The van der Waals surface area contributed by atoms with Crippen LogP contribution in [0.15, 0.2) is 55.1 Å². The molecule has 23 heavy (non-hydrogen) atoms. The van der Waals surface area contributed by atoms with Crippen LogP contribution in [0.25, 0.3) is 22.6 Å². The summed E-state index contributed by atoms with van der Waals surface area (Å²) in [4.78, 5) is 17.3. The second-order valence-electron chi connectivity index (χ2n) is 4.94. The molecule has 0 saturated heterocycles. The molecule has 3 rings (SSSR count). The molecule has 3 aromatic heterocycles. The molecule has 6 heteroatoms. The van der Waals surface area contributed by atoms with Crippen LogP contribution in [0.1, 0.15) is 6.42 Å². The van der Waals surface area contributed by atoms with Gasteiger partial charge in [0.05, 0.1) is 5.69 Å². The minimum absolute atomic E-state index is 0.144. The fourth-order valence-electron chi connectivity index (χ4n) is 2.13. The number of hydrogen-bond donors (Lipinski definition) is 2. The Hall–Kier alpha value is -2.86. The molecule has 0 atom stereocenters. The van der Waals surface area contributed by atoms with Gasteiger partial charge >= 0.3 is 0 Å². The van der Waals surface area contributed by atoms with E-state index in [0.29, 0.717) is 18.8 Å². The van der Waals surface area contributed by atoms with Crippen molar-refractivity contribution in [1.29, 1.82) is 0 Å². The average molecular weight is 307 g/mol. The number of aliphatic hydroxyl groups excluding tert-OH is 1. The lowest BCUT2D eigenvalue weighted by Gasteiger charge is -2.10. The molecule has 0 amide bonds. The van der Waals surface area contributed by atoms with Gasteiger partial charge in [0, 0.05) is 55.1 Å². The van der Waals surface area contributed by atoms with Crippen LogP contribution in [0.3, 0.4) is 0 Å². The first-order valence-electron chi connectivity index (χ1n) is 7.41. The smallest absolute Gasteiger partial charge is 0.163 e. The van der Waals surface area contributed by atoms with E-state index in [1.165, 1.54) is 0 Å². The van der Waals surface area contributed by atoms with Crippen LogP contribution in [0.4, 0.5) is 5.82 Å². The van der Waals surface area contributed by atoms with Crippen molar-refractivity contribution < 1.29 is 5.11 Å². The summed E-state index contributed by atoms with van der Waals surface area (Å²) in [5, 5.41) is 12.1. The lowest BCUT2D eigenvalue weighted by Crippen LogP contribution is -2.06. The molecule has 6 nitrogen and oxygen atoms in total. The van der Waals surface area contributed by atoms with Gasteiger partial charge in [-0.3, -0.25) is 9.97 Å². The zero-order chi connectivity index (χ0) is 15.9. The third-order valence-electron chi connectivity index (χ3n) is 3.26. The Morgan fingerprint density at radius 1 is 0.957 bits per heavy atom. The second kappa shape index (κ2) is 7.42. The lowest BCUT2D eigenvalue weighted by atomic mass is 10.1. The molecule has 2 N–H and O–H groups in total. The highest BCUT2D eigenvalue weighted by molar-refractivity contribution is 5.66. The van der Waals surface area contributed by atoms with E-state index in [1.54, 1.807) is 24.8 Å². The molecule has 0 aromatic carbocycles. The highest BCUT2D eigenvalue weighted by Crippen LogP contribution is 2.23. The van der Waals surface area contributed by atoms with Gasteiger partial charge < -0.3 is 10.4 Å². The number of pyridine rings is 2. The minimum Gasteiger partial charge on any atom is -0.396 e. The van der Waals surface area contributed by atoms with E-state index in [1.807, 2.05) is 30.3 Å². The van der Waals surface area contributed by atoms with Crippen molar-refractivity contribution >= 4 is 5.82 Å². The Balaban J connectivity index is 2.00. The first-order chi connectivity index (χ1) is 11.4. The van der Waals surface area contributed by atoms with Gasteiger partial charge in [-0.25, -0.2) is 9.97 Å². The summed E-state index contributed by atoms with van der Waals surface area (Å²) in [6, 6.07) is 9.50. The first-order valence-corrected chi connectivity index (χ1v) is 7.41. The molecule has 0 aliphatic heterocycles. The Kier molecular flexibility index (Phi) is 4.85. The molecule has 0 bridgehead atoms. The summed E-state index contributed by atoms with van der Waals surface area (Å²) in [6.45, 7) is 0.792.